The van der Waals surface area contributed by atoms with Gasteiger partial charge in [-0.25, -0.2) is 0 Å². The van der Waals surface area contributed by atoms with Crippen molar-refractivity contribution in [3.8, 4) is 0 Å². The van der Waals surface area contributed by atoms with E-state index in [0.29, 0.717) is 0 Å². The first kappa shape index (κ1) is 18.7. The molecule has 0 aliphatic carbocycles. The maximum atomic E-state index is 11.0. The first-order chi connectivity index (χ1) is 7.51. The third kappa shape index (κ3) is 9.05. The van der Waals surface area contributed by atoms with E-state index in [-0.39, 0.29) is 42.4 Å². The Bertz CT molecular complexity index is 289. The second-order valence-electron chi connectivity index (χ2n) is 2.88. The van der Waals surface area contributed by atoms with Crippen molar-refractivity contribution in [3.63, 3.8) is 0 Å². The van der Waals surface area contributed by atoms with Gasteiger partial charge in [0.05, 0.1) is 20.0 Å². The first-order valence-corrected chi connectivity index (χ1v) is 4.58. The quantitative estimate of drug-likeness (QED) is 0.354. The third-order valence-corrected chi connectivity index (χ3v) is 1.69. The summed E-state index contributed by atoms with van der Waals surface area (Å²) in [5, 5.41) is 9.10. The molecule has 7 heteroatoms. The van der Waals surface area contributed by atoms with Crippen molar-refractivity contribution in [2.24, 2.45) is 0 Å². The summed E-state index contributed by atoms with van der Waals surface area (Å²) in [6, 6.07) is 0. The summed E-state index contributed by atoms with van der Waals surface area (Å²) in [4.78, 5) is 32.5. The van der Waals surface area contributed by atoms with Gasteiger partial charge in [-0.05, 0) is 6.08 Å². The van der Waals surface area contributed by atoms with Gasteiger partial charge in [0.2, 0.25) is 0 Å². The van der Waals surface area contributed by atoms with Crippen LogP contribution in [0.3, 0.4) is 0 Å². The van der Waals surface area contributed by atoms with Gasteiger partial charge in [0, 0.05) is 0 Å². The number of aliphatic hydroxyl groups excluding tert-OH is 1. The summed E-state index contributed by atoms with van der Waals surface area (Å²) in [6.45, 7) is 2.73. The van der Waals surface area contributed by atoms with Crippen LogP contribution in [0.4, 0.5) is 0 Å². The van der Waals surface area contributed by atoms with Crippen molar-refractivity contribution < 1.29 is 29.0 Å². The van der Waals surface area contributed by atoms with E-state index in [0.717, 1.165) is 6.08 Å². The molecule has 0 aromatic rings. The van der Waals surface area contributed by atoms with Gasteiger partial charge in [0.1, 0.15) is 6.61 Å². The van der Waals surface area contributed by atoms with Gasteiger partial charge in [-0.2, -0.15) is 0 Å². The van der Waals surface area contributed by atoms with E-state index in [4.69, 9.17) is 5.11 Å². The van der Waals surface area contributed by atoms with Crippen molar-refractivity contribution in [3.05, 3.63) is 12.7 Å². The van der Waals surface area contributed by atoms with Crippen LogP contribution in [0.5, 0.6) is 0 Å². The Kier molecular flexibility index (Phi) is 11.5. The van der Waals surface area contributed by atoms with E-state index in [1.807, 2.05) is 0 Å². The Morgan fingerprint density at radius 1 is 1.29 bits per heavy atom. The van der Waals surface area contributed by atoms with Crippen LogP contribution in [0, 0.1) is 0 Å². The monoisotopic (exact) mass is 254 g/mol. The molecule has 0 aliphatic rings. The molecule has 1 unspecified atom stereocenters. The summed E-state index contributed by atoms with van der Waals surface area (Å²) in [7, 11) is 1.21. The molecule has 0 bridgehead atoms. The van der Waals surface area contributed by atoms with Crippen LogP contribution in [0.25, 0.3) is 0 Å². The Balaban J connectivity index is 0. The molecule has 0 aliphatic heterocycles. The van der Waals surface area contributed by atoms with Crippen molar-refractivity contribution in [2.45, 2.75) is 18.9 Å². The van der Waals surface area contributed by atoms with Crippen LogP contribution in [0.15, 0.2) is 12.7 Å². The summed E-state index contributed by atoms with van der Waals surface area (Å²) < 4.78 is 8.87. The summed E-state index contributed by atoms with van der Waals surface area (Å²) in [5.74, 6) is -1.83. The van der Waals surface area contributed by atoms with Gasteiger partial charge in [-0.15, -0.1) is 0 Å². The number of esters is 2. The van der Waals surface area contributed by atoms with E-state index < -0.39 is 30.4 Å². The van der Waals surface area contributed by atoms with Crippen LogP contribution >= 0.6 is 0 Å². The Morgan fingerprint density at radius 3 is 2.29 bits per heavy atom. The number of aliphatic hydroxyl groups is 1. The number of rotatable bonds is 7. The average Bonchev–Trinajstić information content (AvgIpc) is 2.31. The maximum absolute atomic E-state index is 11.0. The number of ketones is 1. The van der Waals surface area contributed by atoms with E-state index in [1.165, 1.54) is 7.11 Å². The minimum atomic E-state index is -1.40. The molecule has 1 atom stereocenters. The standard InChI is InChI=1S/C10H14O6.Na.H/c1-3-7(11)8(12)6-16-10(14)5-4-9(13)15-2;;/h3,8,12H,1,4-6H2,2H3;;. The van der Waals surface area contributed by atoms with Crippen molar-refractivity contribution >= 4 is 47.3 Å². The van der Waals surface area contributed by atoms with E-state index >= 15 is 0 Å². The fourth-order valence-corrected chi connectivity index (χ4v) is 0.768. The molecule has 17 heavy (non-hydrogen) atoms. The predicted molar refractivity (Wildman–Crippen MR) is 60.6 cm³/mol. The fraction of sp³-hybridized carbons (Fsp3) is 0.500. The topological polar surface area (TPSA) is 89.9 Å². The normalized spacial score (nSPS) is 10.7. The van der Waals surface area contributed by atoms with Crippen molar-refractivity contribution in [1.29, 1.82) is 0 Å². The molecule has 0 amide bonds. The molecule has 0 saturated heterocycles. The minimum absolute atomic E-state index is 0. The number of methoxy groups -OCH3 is 1. The molecular formula is C10H15NaO6. The van der Waals surface area contributed by atoms with Crippen LogP contribution in [-0.2, 0) is 23.9 Å². The Labute approximate surface area is 121 Å². The molecule has 0 heterocycles. The van der Waals surface area contributed by atoms with Gasteiger partial charge in [-0.1, -0.05) is 6.58 Å². The first-order valence-electron chi connectivity index (χ1n) is 4.58. The third-order valence-electron chi connectivity index (χ3n) is 1.69. The van der Waals surface area contributed by atoms with Gasteiger partial charge < -0.3 is 14.6 Å². The number of ether oxygens (including phenoxy) is 2. The number of hydrogen-bond donors (Lipinski definition) is 1. The molecule has 6 nitrogen and oxygen atoms in total. The number of carbonyl (C=O) groups excluding carboxylic acids is 3. The summed E-state index contributed by atoms with van der Waals surface area (Å²) in [5.41, 5.74) is 0. The number of hydrogen-bond acceptors (Lipinski definition) is 6. The number of carbonyl (C=O) groups is 3. The molecule has 0 saturated carbocycles. The molecule has 0 fully saturated rings. The molecular weight excluding hydrogens is 239 g/mol. The Hall–Kier alpha value is -0.690. The fourth-order valence-electron chi connectivity index (χ4n) is 0.768. The molecule has 0 radical (unpaired) electrons. The molecule has 0 rings (SSSR count). The van der Waals surface area contributed by atoms with Crippen LogP contribution in [-0.4, -0.2) is 72.2 Å². The van der Waals surface area contributed by atoms with Gasteiger partial charge in [-0.3, -0.25) is 14.4 Å². The average molecular weight is 254 g/mol. The summed E-state index contributed by atoms with van der Waals surface area (Å²) in [6.07, 6.45) is -0.713. The van der Waals surface area contributed by atoms with Crippen LogP contribution in [0.2, 0.25) is 0 Å². The molecule has 0 aromatic carbocycles. The van der Waals surface area contributed by atoms with E-state index in [2.05, 4.69) is 16.1 Å². The molecule has 0 aromatic heterocycles. The second-order valence-corrected chi connectivity index (χ2v) is 2.88. The zero-order valence-electron chi connectivity index (χ0n) is 8.97. The van der Waals surface area contributed by atoms with Gasteiger partial charge >= 0.3 is 41.5 Å². The molecule has 0 spiro atoms. The van der Waals surface area contributed by atoms with Gasteiger partial charge in [0.25, 0.3) is 0 Å². The van der Waals surface area contributed by atoms with Gasteiger partial charge in [0.15, 0.2) is 11.9 Å². The summed E-state index contributed by atoms with van der Waals surface area (Å²) >= 11 is 0. The SMILES string of the molecule is C=CC(=O)C(O)COC(=O)CCC(=O)OC.[NaH]. The van der Waals surface area contributed by atoms with Crippen molar-refractivity contribution in [1.82, 2.24) is 0 Å². The van der Waals surface area contributed by atoms with E-state index in [9.17, 15) is 14.4 Å². The molecule has 1 N–H and O–H groups in total. The van der Waals surface area contributed by atoms with Crippen LogP contribution in [0.1, 0.15) is 12.8 Å². The zero-order valence-corrected chi connectivity index (χ0v) is 8.97. The predicted octanol–water partition coefficient (Wildman–Crippen LogP) is -1.05. The van der Waals surface area contributed by atoms with Crippen molar-refractivity contribution in [2.75, 3.05) is 13.7 Å². The van der Waals surface area contributed by atoms with Crippen LogP contribution < -0.4 is 0 Å². The van der Waals surface area contributed by atoms with E-state index in [1.54, 1.807) is 0 Å². The molecule has 92 valence electrons. The zero-order chi connectivity index (χ0) is 12.6. The second kappa shape index (κ2) is 10.5. The Morgan fingerprint density at radius 2 is 1.82 bits per heavy atom.